The van der Waals surface area contributed by atoms with Crippen molar-refractivity contribution in [2.75, 3.05) is 0 Å². The topological polar surface area (TPSA) is 52.6 Å². The van der Waals surface area contributed by atoms with Gasteiger partial charge in [0, 0.05) is 36.5 Å². The minimum atomic E-state index is -1.65. The molecule has 4 fully saturated rings. The van der Waals surface area contributed by atoms with Crippen LogP contribution in [0.4, 0.5) is 0 Å². The average Bonchev–Trinajstić information content (AvgIpc) is 3.10. The van der Waals surface area contributed by atoms with Gasteiger partial charge in [0.1, 0.15) is 11.9 Å². The number of carbonyl (C=O) groups excluding carboxylic acids is 2. The van der Waals surface area contributed by atoms with Gasteiger partial charge in [-0.05, 0) is 81.5 Å². The molecule has 0 aromatic heterocycles. The Bertz CT molecular complexity index is 782. The highest BCUT2D eigenvalue weighted by Crippen LogP contribution is 2.76. The number of ketones is 1. The summed E-state index contributed by atoms with van der Waals surface area (Å²) in [6.07, 6.45) is 9.74. The van der Waals surface area contributed by atoms with Crippen LogP contribution in [-0.2, 0) is 18.8 Å². The second kappa shape index (κ2) is 6.21. The molecule has 0 aliphatic heterocycles. The van der Waals surface area contributed by atoms with E-state index in [1.807, 2.05) is 0 Å². The van der Waals surface area contributed by atoms with Crippen molar-refractivity contribution in [3.05, 3.63) is 11.8 Å². The largest absolute Gasteiger partial charge is 0.548 e. The van der Waals surface area contributed by atoms with E-state index in [9.17, 15) is 9.59 Å². The number of hydrogen-bond donors (Lipinski definition) is 0. The first-order valence-corrected chi connectivity index (χ1v) is 15.1. The number of hydrogen-bond acceptors (Lipinski definition) is 4. The fraction of sp³-hybridized carbons (Fsp3) is 0.833. The van der Waals surface area contributed by atoms with Crippen LogP contribution < -0.4 is 0 Å². The standard InChI is InChI=1S/C24H36O4Si/c1-14(25)27-22-20-13-16(28-29(3,4)5)12-15-6-7-17-18-8-9-21(26)23(18,2)11-10-19(17)24(15,20)22/h13,15,17-20,22H,6-12H2,1-5H3/t15-,17-,18-,19-,20-,22+,23-,24?/m0/s1. The van der Waals surface area contributed by atoms with Gasteiger partial charge in [0.05, 0.1) is 5.76 Å². The molecule has 5 aliphatic carbocycles. The van der Waals surface area contributed by atoms with Crippen molar-refractivity contribution >= 4 is 20.1 Å². The van der Waals surface area contributed by atoms with Gasteiger partial charge in [-0.25, -0.2) is 0 Å². The number of carbonyl (C=O) groups is 2. The van der Waals surface area contributed by atoms with Crippen molar-refractivity contribution in [1.29, 1.82) is 0 Å². The first-order valence-electron chi connectivity index (χ1n) is 11.7. The van der Waals surface area contributed by atoms with E-state index in [0.29, 0.717) is 35.4 Å². The first kappa shape index (κ1) is 19.8. The van der Waals surface area contributed by atoms with Crippen LogP contribution in [0.2, 0.25) is 19.6 Å². The fourth-order valence-corrected chi connectivity index (χ4v) is 9.19. The molecule has 0 aromatic rings. The van der Waals surface area contributed by atoms with Gasteiger partial charge in [-0.15, -0.1) is 0 Å². The smallest absolute Gasteiger partial charge is 0.302 e. The van der Waals surface area contributed by atoms with E-state index in [1.165, 1.54) is 12.8 Å². The molecular weight excluding hydrogens is 380 g/mol. The molecule has 0 aromatic carbocycles. The lowest BCUT2D eigenvalue weighted by Gasteiger charge is -2.54. The van der Waals surface area contributed by atoms with E-state index in [-0.39, 0.29) is 22.9 Å². The molecule has 29 heavy (non-hydrogen) atoms. The molecule has 0 heterocycles. The SMILES string of the molecule is CC(=O)O[C@@H]1[C@@H]2C=C(O[Si](C)(C)C)C[C@@H]3CC[C@@H]4[C@H](CC[C@]5(C)C(=O)CC[C@@H]45)C312. The van der Waals surface area contributed by atoms with Gasteiger partial charge in [-0.2, -0.15) is 0 Å². The van der Waals surface area contributed by atoms with Crippen molar-refractivity contribution in [2.24, 2.45) is 40.4 Å². The van der Waals surface area contributed by atoms with Gasteiger partial charge < -0.3 is 9.16 Å². The number of ether oxygens (including phenoxy) is 1. The molecule has 5 heteroatoms. The fourth-order valence-electron chi connectivity index (χ4n) is 8.26. The molecule has 1 unspecified atom stereocenters. The predicted octanol–water partition coefficient (Wildman–Crippen LogP) is 5.10. The van der Waals surface area contributed by atoms with E-state index in [4.69, 9.17) is 9.16 Å². The Labute approximate surface area is 175 Å². The van der Waals surface area contributed by atoms with Crippen molar-refractivity contribution in [3.8, 4) is 0 Å². The molecule has 160 valence electrons. The monoisotopic (exact) mass is 416 g/mol. The summed E-state index contributed by atoms with van der Waals surface area (Å²) in [6.45, 7) is 10.5. The number of allylic oxidation sites excluding steroid dienone is 1. The van der Waals surface area contributed by atoms with Crippen LogP contribution in [-0.4, -0.2) is 26.2 Å². The molecule has 5 rings (SSSR count). The Morgan fingerprint density at radius 3 is 2.59 bits per heavy atom. The van der Waals surface area contributed by atoms with Crippen LogP contribution in [0.3, 0.4) is 0 Å². The van der Waals surface area contributed by atoms with Gasteiger partial charge in [0.15, 0.2) is 0 Å². The maximum absolute atomic E-state index is 12.7. The van der Waals surface area contributed by atoms with Crippen LogP contribution >= 0.6 is 0 Å². The molecule has 0 saturated heterocycles. The Morgan fingerprint density at radius 1 is 1.14 bits per heavy atom. The third-order valence-electron chi connectivity index (χ3n) is 9.17. The van der Waals surface area contributed by atoms with Crippen molar-refractivity contribution in [3.63, 3.8) is 0 Å². The van der Waals surface area contributed by atoms with Gasteiger partial charge in [0.2, 0.25) is 8.32 Å². The number of fused-ring (bicyclic) bond motifs is 3. The molecule has 0 bridgehead atoms. The highest BCUT2D eigenvalue weighted by atomic mass is 28.4. The summed E-state index contributed by atoms with van der Waals surface area (Å²) in [6, 6.07) is 0. The summed E-state index contributed by atoms with van der Waals surface area (Å²) < 4.78 is 12.4. The molecule has 1 spiro atoms. The summed E-state index contributed by atoms with van der Waals surface area (Å²) in [5.41, 5.74) is 0.0103. The number of esters is 1. The average molecular weight is 417 g/mol. The quantitative estimate of drug-likeness (QED) is 0.475. The summed E-state index contributed by atoms with van der Waals surface area (Å²) in [4.78, 5) is 24.6. The van der Waals surface area contributed by atoms with E-state index in [1.54, 1.807) is 6.92 Å². The lowest BCUT2D eigenvalue weighted by atomic mass is 9.49. The van der Waals surface area contributed by atoms with Crippen molar-refractivity contribution < 1.29 is 18.8 Å². The van der Waals surface area contributed by atoms with Crippen LogP contribution in [0.5, 0.6) is 0 Å². The molecule has 5 aliphatic rings. The molecule has 0 amide bonds. The van der Waals surface area contributed by atoms with Gasteiger partial charge in [0.25, 0.3) is 0 Å². The lowest BCUT2D eigenvalue weighted by Crippen LogP contribution is -2.50. The molecule has 8 atom stereocenters. The van der Waals surface area contributed by atoms with Crippen LogP contribution in [0.1, 0.15) is 58.8 Å². The predicted molar refractivity (Wildman–Crippen MR) is 113 cm³/mol. The van der Waals surface area contributed by atoms with E-state index in [2.05, 4.69) is 32.6 Å². The first-order chi connectivity index (χ1) is 13.6. The highest BCUT2D eigenvalue weighted by molar-refractivity contribution is 6.70. The summed E-state index contributed by atoms with van der Waals surface area (Å²) in [7, 11) is -1.65. The summed E-state index contributed by atoms with van der Waals surface area (Å²) in [5.74, 6) is 4.10. The lowest BCUT2D eigenvalue weighted by molar-refractivity contribution is -0.147. The second-order valence-electron chi connectivity index (χ2n) is 11.7. The zero-order chi connectivity index (χ0) is 20.8. The molecule has 4 saturated carbocycles. The minimum absolute atomic E-state index is 0.0157. The second-order valence-corrected chi connectivity index (χ2v) is 16.1. The Morgan fingerprint density at radius 2 is 1.90 bits per heavy atom. The van der Waals surface area contributed by atoms with Gasteiger partial charge in [-0.1, -0.05) is 6.92 Å². The van der Waals surface area contributed by atoms with Crippen LogP contribution in [0, 0.1) is 40.4 Å². The molecule has 0 N–H and O–H groups in total. The van der Waals surface area contributed by atoms with E-state index >= 15 is 0 Å². The maximum Gasteiger partial charge on any atom is 0.302 e. The van der Waals surface area contributed by atoms with E-state index < -0.39 is 8.32 Å². The Hall–Kier alpha value is -1.10. The molecule has 0 radical (unpaired) electrons. The normalized spacial score (nSPS) is 47.9. The number of Topliss-reactive ketones (excluding diaryl/α,β-unsaturated/α-hetero) is 1. The zero-order valence-corrected chi connectivity index (χ0v) is 19.6. The number of rotatable bonds is 3. The van der Waals surface area contributed by atoms with Crippen LogP contribution in [0.25, 0.3) is 0 Å². The molecular formula is C24H36O4Si. The van der Waals surface area contributed by atoms with E-state index in [0.717, 1.165) is 37.9 Å². The van der Waals surface area contributed by atoms with Gasteiger partial charge >= 0.3 is 5.97 Å². The Kier molecular flexibility index (Phi) is 4.25. The Balaban J connectivity index is 1.49. The summed E-state index contributed by atoms with van der Waals surface area (Å²) in [5, 5.41) is 0. The maximum atomic E-state index is 12.7. The highest BCUT2D eigenvalue weighted by Gasteiger charge is 2.77. The van der Waals surface area contributed by atoms with Crippen molar-refractivity contribution in [2.45, 2.75) is 84.5 Å². The third kappa shape index (κ3) is 2.75. The van der Waals surface area contributed by atoms with Crippen LogP contribution in [0.15, 0.2) is 11.8 Å². The van der Waals surface area contributed by atoms with Crippen molar-refractivity contribution in [1.82, 2.24) is 0 Å². The minimum Gasteiger partial charge on any atom is -0.548 e. The van der Waals surface area contributed by atoms with Gasteiger partial charge in [-0.3, -0.25) is 9.59 Å². The third-order valence-corrected chi connectivity index (χ3v) is 10.0. The summed E-state index contributed by atoms with van der Waals surface area (Å²) >= 11 is 0. The molecule has 4 nitrogen and oxygen atoms in total. The zero-order valence-electron chi connectivity index (χ0n) is 18.6.